The predicted molar refractivity (Wildman–Crippen MR) is 116 cm³/mol. The second-order valence-corrected chi connectivity index (χ2v) is 7.37. The summed E-state index contributed by atoms with van der Waals surface area (Å²) >= 11 is 0. The lowest BCUT2D eigenvalue weighted by Crippen LogP contribution is -2.35. The molecule has 1 aliphatic carbocycles. The molecule has 0 heterocycles. The Morgan fingerprint density at radius 1 is 1.30 bits per heavy atom. The third kappa shape index (κ3) is 5.28. The third-order valence-electron chi connectivity index (χ3n) is 5.55. The summed E-state index contributed by atoms with van der Waals surface area (Å²) in [5.74, 6) is -1.30. The van der Waals surface area contributed by atoms with Gasteiger partial charge in [-0.25, -0.2) is 0 Å². The molecule has 2 rings (SSSR count). The maximum Gasteiger partial charge on any atom is 0.251 e. The van der Waals surface area contributed by atoms with E-state index >= 15 is 0 Å². The maximum atomic E-state index is 12.7. The molecule has 7 nitrogen and oxygen atoms in total. The molecule has 30 heavy (non-hydrogen) atoms. The topological polar surface area (TPSA) is 114 Å². The van der Waals surface area contributed by atoms with Crippen LogP contribution in [-0.2, 0) is 9.53 Å². The minimum absolute atomic E-state index is 0.220. The van der Waals surface area contributed by atoms with E-state index in [1.807, 2.05) is 6.08 Å². The predicted octanol–water partition coefficient (Wildman–Crippen LogP) is 3.36. The van der Waals surface area contributed by atoms with Crippen molar-refractivity contribution in [1.82, 2.24) is 5.32 Å². The first-order valence-corrected chi connectivity index (χ1v) is 10.2. The van der Waals surface area contributed by atoms with Gasteiger partial charge in [0.05, 0.1) is 13.0 Å². The summed E-state index contributed by atoms with van der Waals surface area (Å²) in [5.41, 5.74) is 7.33. The van der Waals surface area contributed by atoms with Gasteiger partial charge in [0.15, 0.2) is 0 Å². The summed E-state index contributed by atoms with van der Waals surface area (Å²) in [6, 6.07) is 7.06. The molecule has 0 saturated carbocycles. The van der Waals surface area contributed by atoms with Crippen LogP contribution in [-0.4, -0.2) is 36.9 Å². The van der Waals surface area contributed by atoms with Gasteiger partial charge >= 0.3 is 0 Å². The number of benzene rings is 1. The van der Waals surface area contributed by atoms with Crippen molar-refractivity contribution in [3.8, 4) is 0 Å². The average Bonchev–Trinajstić information content (AvgIpc) is 2.77. The van der Waals surface area contributed by atoms with Gasteiger partial charge in [0.25, 0.3) is 5.91 Å². The third-order valence-corrected chi connectivity index (χ3v) is 5.55. The fraction of sp³-hybridized carbons (Fsp3) is 0.435. The summed E-state index contributed by atoms with van der Waals surface area (Å²) in [5, 5.41) is 15.0. The Kier molecular flexibility index (Phi) is 8.65. The number of nitrogens with one attached hydrogen (secondary N) is 1. The van der Waals surface area contributed by atoms with Gasteiger partial charge in [-0.15, -0.1) is 0 Å². The van der Waals surface area contributed by atoms with E-state index in [4.69, 9.17) is 15.7 Å². The van der Waals surface area contributed by atoms with Crippen LogP contribution in [0.5, 0.6) is 0 Å². The molecule has 0 aliphatic heterocycles. The number of unbranched alkanes of at least 4 members (excludes halogenated alkanes) is 2. The first kappa shape index (κ1) is 23.2. The van der Waals surface area contributed by atoms with E-state index in [1.165, 1.54) is 0 Å². The van der Waals surface area contributed by atoms with Crippen LogP contribution in [0.2, 0.25) is 0 Å². The molecule has 2 amide bonds. The smallest absolute Gasteiger partial charge is 0.251 e. The van der Waals surface area contributed by atoms with Crippen LogP contribution in [0.4, 0.5) is 0 Å². The Morgan fingerprint density at radius 3 is 2.63 bits per heavy atom. The molecule has 0 saturated heterocycles. The Balaban J connectivity index is 2.57. The quantitative estimate of drug-likeness (QED) is 0.310. The molecular weight excluding hydrogens is 382 g/mol. The second kappa shape index (κ2) is 11.2. The van der Waals surface area contributed by atoms with Gasteiger partial charge in [0.1, 0.15) is 11.5 Å². The van der Waals surface area contributed by atoms with Crippen LogP contribution in [0, 0.1) is 11.8 Å². The highest BCUT2D eigenvalue weighted by molar-refractivity contribution is 6.05. The number of nitrogens with two attached hydrogens (primary N) is 1. The van der Waals surface area contributed by atoms with Gasteiger partial charge in [-0.3, -0.25) is 9.59 Å². The number of hydrogen-bond donors (Lipinski definition) is 3. The van der Waals surface area contributed by atoms with E-state index in [1.54, 1.807) is 50.6 Å². The number of allylic oxidation sites excluding steroid dienone is 3. The average molecular weight is 414 g/mol. The number of methoxy groups -OCH3 is 1. The molecule has 0 fully saturated rings. The molecule has 7 heteroatoms. The fourth-order valence-electron chi connectivity index (χ4n) is 4.09. The lowest BCUT2D eigenvalue weighted by molar-refractivity contribution is -0.121. The SMILES string of the molecule is CCCCCC(C1C=C/C(=N\O)C=C1OC)C(C(N)=O)c1ccccc1C(=O)NC. The van der Waals surface area contributed by atoms with Crippen molar-refractivity contribution >= 4 is 17.5 Å². The molecule has 162 valence electrons. The van der Waals surface area contributed by atoms with E-state index in [2.05, 4.69) is 17.4 Å². The molecule has 0 radical (unpaired) electrons. The van der Waals surface area contributed by atoms with Crippen LogP contribution in [0.1, 0.15) is 54.4 Å². The Bertz CT molecular complexity index is 845. The number of amides is 2. The highest BCUT2D eigenvalue weighted by Gasteiger charge is 2.38. The summed E-state index contributed by atoms with van der Waals surface area (Å²) in [6.07, 6.45) is 8.93. The number of ether oxygens (including phenoxy) is 1. The van der Waals surface area contributed by atoms with E-state index in [9.17, 15) is 9.59 Å². The van der Waals surface area contributed by atoms with Gasteiger partial charge in [0, 0.05) is 24.6 Å². The Hall–Kier alpha value is -3.09. The van der Waals surface area contributed by atoms with Crippen molar-refractivity contribution < 1.29 is 19.5 Å². The largest absolute Gasteiger partial charge is 0.500 e. The zero-order valence-corrected chi connectivity index (χ0v) is 17.8. The lowest BCUT2D eigenvalue weighted by atomic mass is 9.71. The number of carbonyl (C=O) groups excluding carboxylic acids is 2. The zero-order chi connectivity index (χ0) is 22.1. The van der Waals surface area contributed by atoms with E-state index in [0.29, 0.717) is 22.6 Å². The van der Waals surface area contributed by atoms with Gasteiger partial charge in [-0.2, -0.15) is 0 Å². The van der Waals surface area contributed by atoms with E-state index in [0.717, 1.165) is 25.7 Å². The Morgan fingerprint density at radius 2 is 2.03 bits per heavy atom. The molecule has 4 N–H and O–H groups in total. The number of hydrogen-bond acceptors (Lipinski definition) is 5. The van der Waals surface area contributed by atoms with Gasteiger partial charge in [-0.1, -0.05) is 55.6 Å². The lowest BCUT2D eigenvalue weighted by Gasteiger charge is -2.33. The zero-order valence-electron chi connectivity index (χ0n) is 17.8. The Labute approximate surface area is 177 Å². The van der Waals surface area contributed by atoms with E-state index in [-0.39, 0.29) is 17.7 Å². The van der Waals surface area contributed by atoms with E-state index < -0.39 is 11.8 Å². The molecule has 1 aromatic carbocycles. The van der Waals surface area contributed by atoms with Crippen LogP contribution in [0.3, 0.4) is 0 Å². The maximum absolute atomic E-state index is 12.7. The number of oxime groups is 1. The molecule has 3 atom stereocenters. The van der Waals surface area contributed by atoms with Crippen molar-refractivity contribution in [3.05, 3.63) is 59.4 Å². The molecular formula is C23H31N3O4. The van der Waals surface area contributed by atoms with Crippen LogP contribution in [0.15, 0.2) is 53.4 Å². The molecule has 0 aromatic heterocycles. The number of nitrogens with zero attached hydrogens (tertiary/aromatic N) is 1. The fourth-order valence-corrected chi connectivity index (χ4v) is 4.09. The van der Waals surface area contributed by atoms with Crippen LogP contribution < -0.4 is 11.1 Å². The highest BCUT2D eigenvalue weighted by atomic mass is 16.5. The monoisotopic (exact) mass is 413 g/mol. The second-order valence-electron chi connectivity index (χ2n) is 7.37. The van der Waals surface area contributed by atoms with Gasteiger partial charge in [0.2, 0.25) is 5.91 Å². The minimum Gasteiger partial charge on any atom is -0.500 e. The van der Waals surface area contributed by atoms with Crippen molar-refractivity contribution in [3.63, 3.8) is 0 Å². The first-order chi connectivity index (χ1) is 14.5. The standard InChI is InChI=1S/C23H31N3O4/c1-4-5-6-9-17(16-13-12-15(26-29)14-20(16)30-3)21(22(24)27)18-10-7-8-11-19(18)23(28)25-2/h7-8,10-14,16-17,21,29H,4-6,9H2,1-3H3,(H2,24,27)(H,25,28)/b26-15+. The molecule has 0 spiro atoms. The molecule has 1 aromatic rings. The number of primary amides is 1. The highest BCUT2D eigenvalue weighted by Crippen LogP contribution is 2.41. The summed E-state index contributed by atoms with van der Waals surface area (Å²) in [6.45, 7) is 2.12. The summed E-state index contributed by atoms with van der Waals surface area (Å²) in [4.78, 5) is 25.2. The van der Waals surface area contributed by atoms with Gasteiger partial charge < -0.3 is 21.0 Å². The van der Waals surface area contributed by atoms with Crippen molar-refractivity contribution in [1.29, 1.82) is 0 Å². The summed E-state index contributed by atoms with van der Waals surface area (Å²) in [7, 11) is 3.11. The molecule has 3 unspecified atom stereocenters. The van der Waals surface area contributed by atoms with Crippen molar-refractivity contribution in [2.45, 2.75) is 38.5 Å². The summed E-state index contributed by atoms with van der Waals surface area (Å²) < 4.78 is 5.57. The number of rotatable bonds is 10. The van der Waals surface area contributed by atoms with Crippen LogP contribution >= 0.6 is 0 Å². The van der Waals surface area contributed by atoms with Crippen molar-refractivity contribution in [2.75, 3.05) is 14.2 Å². The number of carbonyl (C=O) groups is 2. The first-order valence-electron chi connectivity index (χ1n) is 10.2. The minimum atomic E-state index is -0.684. The van der Waals surface area contributed by atoms with Crippen molar-refractivity contribution in [2.24, 2.45) is 22.7 Å². The molecule has 0 bridgehead atoms. The van der Waals surface area contributed by atoms with Crippen LogP contribution in [0.25, 0.3) is 0 Å². The molecule has 1 aliphatic rings. The van der Waals surface area contributed by atoms with Gasteiger partial charge in [-0.05, 0) is 30.0 Å². The normalized spacial score (nSPS) is 19.1.